The normalized spacial score (nSPS) is 11.8. The third kappa shape index (κ3) is 1.98. The fraction of sp³-hybridized carbons (Fsp3) is 0.333. The molecule has 1 aromatic rings. The molecule has 0 heterocycles. The summed E-state index contributed by atoms with van der Waals surface area (Å²) in [4.78, 5) is 0. The minimum Gasteiger partial charge on any atom is -0.390 e. The van der Waals surface area contributed by atoms with Gasteiger partial charge in [0.05, 0.1) is 5.02 Å². The van der Waals surface area contributed by atoms with Gasteiger partial charge in [0.1, 0.15) is 6.61 Å². The number of halogens is 3. The smallest absolute Gasteiger partial charge is 0.297 e. The molecule has 0 unspecified atom stereocenters. The van der Waals surface area contributed by atoms with Gasteiger partial charge in [0, 0.05) is 5.56 Å². The van der Waals surface area contributed by atoms with Crippen molar-refractivity contribution in [3.63, 3.8) is 0 Å². The number of rotatable bonds is 2. The van der Waals surface area contributed by atoms with E-state index in [9.17, 15) is 8.78 Å². The molecule has 0 amide bonds. The van der Waals surface area contributed by atoms with Crippen LogP contribution in [0.4, 0.5) is 8.78 Å². The first-order valence-electron chi connectivity index (χ1n) is 3.73. The van der Waals surface area contributed by atoms with Gasteiger partial charge in [-0.1, -0.05) is 23.7 Å². The molecule has 0 bridgehead atoms. The lowest BCUT2D eigenvalue weighted by Crippen LogP contribution is -2.20. The Kier molecular flexibility index (Phi) is 2.88. The van der Waals surface area contributed by atoms with Crippen molar-refractivity contribution in [1.29, 1.82) is 0 Å². The molecule has 0 saturated carbocycles. The van der Waals surface area contributed by atoms with E-state index in [4.69, 9.17) is 16.7 Å². The third-order valence-electron chi connectivity index (χ3n) is 1.79. The second-order valence-corrected chi connectivity index (χ2v) is 3.20. The van der Waals surface area contributed by atoms with Gasteiger partial charge in [0.2, 0.25) is 0 Å². The number of aryl methyl sites for hydroxylation is 1. The van der Waals surface area contributed by atoms with Crippen molar-refractivity contribution in [1.82, 2.24) is 0 Å². The molecule has 1 rings (SSSR count). The van der Waals surface area contributed by atoms with Crippen LogP contribution in [0.5, 0.6) is 0 Å². The van der Waals surface area contributed by atoms with E-state index in [2.05, 4.69) is 0 Å². The van der Waals surface area contributed by atoms with Crippen molar-refractivity contribution in [2.45, 2.75) is 12.8 Å². The molecular formula is C9H9ClF2O. The molecule has 1 nitrogen and oxygen atoms in total. The van der Waals surface area contributed by atoms with E-state index in [0.29, 0.717) is 5.56 Å². The van der Waals surface area contributed by atoms with Gasteiger partial charge in [0.15, 0.2) is 0 Å². The van der Waals surface area contributed by atoms with E-state index >= 15 is 0 Å². The Morgan fingerprint density at radius 3 is 2.54 bits per heavy atom. The molecule has 0 aromatic heterocycles. The van der Waals surface area contributed by atoms with Gasteiger partial charge in [-0.15, -0.1) is 0 Å². The SMILES string of the molecule is Cc1cccc(Cl)c1C(F)(F)CO. The molecular weight excluding hydrogens is 198 g/mol. The third-order valence-corrected chi connectivity index (χ3v) is 2.10. The van der Waals surface area contributed by atoms with Crippen molar-refractivity contribution in [2.24, 2.45) is 0 Å². The summed E-state index contributed by atoms with van der Waals surface area (Å²) in [6.45, 7) is 0.308. The van der Waals surface area contributed by atoms with Gasteiger partial charge < -0.3 is 5.11 Å². The standard InChI is InChI=1S/C9H9ClF2O/c1-6-3-2-4-7(10)8(6)9(11,12)5-13/h2-4,13H,5H2,1H3. The number of alkyl halides is 2. The number of benzene rings is 1. The summed E-state index contributed by atoms with van der Waals surface area (Å²) in [5.41, 5.74) is 0.0886. The number of hydrogen-bond donors (Lipinski definition) is 1. The molecule has 0 aliphatic rings. The monoisotopic (exact) mass is 206 g/mol. The van der Waals surface area contributed by atoms with Gasteiger partial charge in [-0.05, 0) is 18.6 Å². The largest absolute Gasteiger partial charge is 0.390 e. The van der Waals surface area contributed by atoms with Crippen LogP contribution in [0.25, 0.3) is 0 Å². The first kappa shape index (κ1) is 10.4. The Balaban J connectivity index is 3.28. The van der Waals surface area contributed by atoms with Crippen molar-refractivity contribution < 1.29 is 13.9 Å². The molecule has 0 saturated heterocycles. The average Bonchev–Trinajstić information content (AvgIpc) is 2.03. The lowest BCUT2D eigenvalue weighted by molar-refractivity contribution is -0.0560. The summed E-state index contributed by atoms with van der Waals surface area (Å²) >= 11 is 5.60. The van der Waals surface area contributed by atoms with Crippen LogP contribution >= 0.6 is 11.6 Å². The maximum atomic E-state index is 13.1. The highest BCUT2D eigenvalue weighted by atomic mass is 35.5. The molecule has 72 valence electrons. The van der Waals surface area contributed by atoms with E-state index < -0.39 is 12.5 Å². The summed E-state index contributed by atoms with van der Waals surface area (Å²) in [5.74, 6) is -3.26. The molecule has 0 aliphatic carbocycles. The zero-order valence-electron chi connectivity index (χ0n) is 7.02. The number of aliphatic hydroxyl groups is 1. The zero-order chi connectivity index (χ0) is 10.1. The molecule has 1 N–H and O–H groups in total. The molecule has 13 heavy (non-hydrogen) atoms. The summed E-state index contributed by atoms with van der Waals surface area (Å²) in [5, 5.41) is 8.47. The molecule has 0 atom stereocenters. The van der Waals surface area contributed by atoms with Crippen LogP contribution in [0.15, 0.2) is 18.2 Å². The Morgan fingerprint density at radius 1 is 1.46 bits per heavy atom. The van der Waals surface area contributed by atoms with Crippen molar-refractivity contribution in [3.8, 4) is 0 Å². The van der Waals surface area contributed by atoms with E-state index in [1.165, 1.54) is 19.1 Å². The fourth-order valence-corrected chi connectivity index (χ4v) is 1.53. The Bertz CT molecular complexity index is 292. The minimum atomic E-state index is -3.26. The summed E-state index contributed by atoms with van der Waals surface area (Å²) in [7, 11) is 0. The van der Waals surface area contributed by atoms with Crippen LogP contribution in [0.3, 0.4) is 0 Å². The lowest BCUT2D eigenvalue weighted by atomic mass is 10.0. The fourth-order valence-electron chi connectivity index (χ4n) is 1.17. The topological polar surface area (TPSA) is 20.2 Å². The lowest BCUT2D eigenvalue weighted by Gasteiger charge is -2.17. The number of hydrogen-bond acceptors (Lipinski definition) is 1. The van der Waals surface area contributed by atoms with Crippen molar-refractivity contribution in [2.75, 3.05) is 6.61 Å². The molecule has 1 aromatic carbocycles. The zero-order valence-corrected chi connectivity index (χ0v) is 7.78. The van der Waals surface area contributed by atoms with E-state index in [1.807, 2.05) is 0 Å². The van der Waals surface area contributed by atoms with Crippen molar-refractivity contribution >= 4 is 11.6 Å². The van der Waals surface area contributed by atoms with Crippen LogP contribution < -0.4 is 0 Å². The quantitative estimate of drug-likeness (QED) is 0.789. The minimum absolute atomic E-state index is 0.0148. The molecule has 0 spiro atoms. The van der Waals surface area contributed by atoms with Gasteiger partial charge in [-0.3, -0.25) is 0 Å². The highest BCUT2D eigenvalue weighted by Gasteiger charge is 2.34. The van der Waals surface area contributed by atoms with Crippen LogP contribution in [0.1, 0.15) is 11.1 Å². The summed E-state index contributed by atoms with van der Waals surface area (Å²) in [6, 6.07) is 4.51. The Hall–Kier alpha value is -0.670. The summed E-state index contributed by atoms with van der Waals surface area (Å²) in [6.07, 6.45) is 0. The molecule has 0 fully saturated rings. The predicted molar refractivity (Wildman–Crippen MR) is 47.2 cm³/mol. The van der Waals surface area contributed by atoms with Crippen LogP contribution in [0, 0.1) is 6.92 Å². The van der Waals surface area contributed by atoms with Gasteiger partial charge in [-0.25, -0.2) is 0 Å². The summed E-state index contributed by atoms with van der Waals surface area (Å²) < 4.78 is 26.1. The van der Waals surface area contributed by atoms with Crippen LogP contribution in [-0.2, 0) is 5.92 Å². The van der Waals surface area contributed by atoms with Gasteiger partial charge >= 0.3 is 0 Å². The van der Waals surface area contributed by atoms with Gasteiger partial charge in [0.25, 0.3) is 5.92 Å². The van der Waals surface area contributed by atoms with E-state index in [1.54, 1.807) is 6.07 Å². The second kappa shape index (κ2) is 3.60. The first-order chi connectivity index (χ1) is 5.99. The number of aliphatic hydroxyl groups excluding tert-OH is 1. The second-order valence-electron chi connectivity index (χ2n) is 2.79. The van der Waals surface area contributed by atoms with E-state index in [0.717, 1.165) is 0 Å². The van der Waals surface area contributed by atoms with Crippen molar-refractivity contribution in [3.05, 3.63) is 34.3 Å². The first-order valence-corrected chi connectivity index (χ1v) is 4.11. The molecule has 0 aliphatic heterocycles. The van der Waals surface area contributed by atoms with E-state index in [-0.39, 0.29) is 10.6 Å². The predicted octanol–water partition coefficient (Wildman–Crippen LogP) is 2.73. The maximum absolute atomic E-state index is 13.1. The van der Waals surface area contributed by atoms with Crippen LogP contribution in [-0.4, -0.2) is 11.7 Å². The highest BCUT2D eigenvalue weighted by molar-refractivity contribution is 6.31. The van der Waals surface area contributed by atoms with Crippen LogP contribution in [0.2, 0.25) is 5.02 Å². The highest BCUT2D eigenvalue weighted by Crippen LogP contribution is 2.35. The molecule has 4 heteroatoms. The maximum Gasteiger partial charge on any atom is 0.297 e. The molecule has 0 radical (unpaired) electrons. The van der Waals surface area contributed by atoms with Gasteiger partial charge in [-0.2, -0.15) is 8.78 Å². The Morgan fingerprint density at radius 2 is 2.08 bits per heavy atom. The Labute approximate surface area is 80.0 Å². The average molecular weight is 207 g/mol.